The third-order valence-corrected chi connectivity index (χ3v) is 3.10. The van der Waals surface area contributed by atoms with Gasteiger partial charge in [-0.1, -0.05) is 0 Å². The van der Waals surface area contributed by atoms with Gasteiger partial charge in [-0.3, -0.25) is 4.98 Å². The Balaban J connectivity index is 2.02. The third kappa shape index (κ3) is 3.95. The SMILES string of the molecule is CN(C)c1ccc(N)cc1C(=O)OCCc1ccncc1. The molecule has 1 heterocycles. The predicted molar refractivity (Wildman–Crippen MR) is 83.4 cm³/mol. The van der Waals surface area contributed by atoms with Crippen molar-refractivity contribution < 1.29 is 9.53 Å². The molecule has 0 unspecified atom stereocenters. The number of ether oxygens (including phenoxy) is 1. The second-order valence-corrected chi connectivity index (χ2v) is 4.91. The Hall–Kier alpha value is -2.56. The first-order chi connectivity index (χ1) is 10.1. The number of anilines is 2. The first kappa shape index (κ1) is 14.8. The van der Waals surface area contributed by atoms with Gasteiger partial charge in [0.2, 0.25) is 0 Å². The molecule has 0 aliphatic carbocycles. The van der Waals surface area contributed by atoms with Crippen molar-refractivity contribution in [2.75, 3.05) is 31.3 Å². The average molecular weight is 285 g/mol. The molecular weight excluding hydrogens is 266 g/mol. The van der Waals surface area contributed by atoms with E-state index < -0.39 is 0 Å². The highest BCUT2D eigenvalue weighted by molar-refractivity contribution is 5.96. The zero-order chi connectivity index (χ0) is 15.2. The molecule has 0 spiro atoms. The van der Waals surface area contributed by atoms with Crippen LogP contribution in [-0.4, -0.2) is 31.7 Å². The van der Waals surface area contributed by atoms with Crippen LogP contribution < -0.4 is 10.6 Å². The van der Waals surface area contributed by atoms with Gasteiger partial charge in [-0.2, -0.15) is 0 Å². The Kier molecular flexibility index (Phi) is 4.77. The van der Waals surface area contributed by atoms with Crippen LogP contribution in [0.5, 0.6) is 0 Å². The second-order valence-electron chi connectivity index (χ2n) is 4.91. The minimum atomic E-state index is -0.361. The second kappa shape index (κ2) is 6.74. The summed E-state index contributed by atoms with van der Waals surface area (Å²) in [7, 11) is 3.75. The predicted octanol–water partition coefficient (Wildman–Crippen LogP) is 2.13. The van der Waals surface area contributed by atoms with Gasteiger partial charge in [-0.15, -0.1) is 0 Å². The molecule has 0 fully saturated rings. The van der Waals surface area contributed by atoms with Gasteiger partial charge in [-0.05, 0) is 35.9 Å². The number of benzene rings is 1. The van der Waals surface area contributed by atoms with Crippen molar-refractivity contribution in [3.8, 4) is 0 Å². The molecule has 0 saturated carbocycles. The largest absolute Gasteiger partial charge is 0.462 e. The van der Waals surface area contributed by atoms with E-state index in [1.165, 1.54) is 0 Å². The third-order valence-electron chi connectivity index (χ3n) is 3.10. The first-order valence-corrected chi connectivity index (χ1v) is 6.71. The number of esters is 1. The highest BCUT2D eigenvalue weighted by Crippen LogP contribution is 2.22. The zero-order valence-electron chi connectivity index (χ0n) is 12.2. The molecule has 0 saturated heterocycles. The minimum Gasteiger partial charge on any atom is -0.462 e. The molecule has 110 valence electrons. The monoisotopic (exact) mass is 285 g/mol. The summed E-state index contributed by atoms with van der Waals surface area (Å²) >= 11 is 0. The van der Waals surface area contributed by atoms with Crippen LogP contribution in [0, 0.1) is 0 Å². The molecule has 0 radical (unpaired) electrons. The van der Waals surface area contributed by atoms with Crippen LogP contribution in [0.3, 0.4) is 0 Å². The van der Waals surface area contributed by atoms with Gasteiger partial charge in [0.05, 0.1) is 17.9 Å². The van der Waals surface area contributed by atoms with Crippen molar-refractivity contribution in [2.24, 2.45) is 0 Å². The number of nitrogens with two attached hydrogens (primary N) is 1. The molecular formula is C16H19N3O2. The summed E-state index contributed by atoms with van der Waals surface area (Å²) in [6.45, 7) is 0.324. The summed E-state index contributed by atoms with van der Waals surface area (Å²) in [5, 5.41) is 0. The zero-order valence-corrected chi connectivity index (χ0v) is 12.2. The van der Waals surface area contributed by atoms with Crippen LogP contribution in [0.2, 0.25) is 0 Å². The van der Waals surface area contributed by atoms with Crippen LogP contribution >= 0.6 is 0 Å². The first-order valence-electron chi connectivity index (χ1n) is 6.71. The molecule has 0 amide bonds. The maximum atomic E-state index is 12.2. The molecule has 1 aromatic carbocycles. The Morgan fingerprint density at radius 3 is 2.62 bits per heavy atom. The lowest BCUT2D eigenvalue weighted by atomic mass is 10.1. The van der Waals surface area contributed by atoms with Gasteiger partial charge in [0, 0.05) is 38.6 Å². The number of nitrogens with zero attached hydrogens (tertiary/aromatic N) is 2. The lowest BCUT2D eigenvalue weighted by Gasteiger charge is -2.17. The van der Waals surface area contributed by atoms with Gasteiger partial charge in [0.25, 0.3) is 0 Å². The number of rotatable bonds is 5. The van der Waals surface area contributed by atoms with Crippen molar-refractivity contribution in [1.82, 2.24) is 4.98 Å². The highest BCUT2D eigenvalue weighted by atomic mass is 16.5. The topological polar surface area (TPSA) is 68.5 Å². The lowest BCUT2D eigenvalue weighted by Crippen LogP contribution is -2.16. The van der Waals surface area contributed by atoms with E-state index in [2.05, 4.69) is 4.98 Å². The van der Waals surface area contributed by atoms with E-state index >= 15 is 0 Å². The fourth-order valence-corrected chi connectivity index (χ4v) is 2.00. The van der Waals surface area contributed by atoms with Crippen LogP contribution in [-0.2, 0) is 11.2 Å². The number of carbonyl (C=O) groups is 1. The van der Waals surface area contributed by atoms with E-state index in [-0.39, 0.29) is 5.97 Å². The smallest absolute Gasteiger partial charge is 0.340 e. The number of hydrogen-bond acceptors (Lipinski definition) is 5. The van der Waals surface area contributed by atoms with E-state index in [0.29, 0.717) is 24.3 Å². The van der Waals surface area contributed by atoms with E-state index in [9.17, 15) is 4.79 Å². The fraction of sp³-hybridized carbons (Fsp3) is 0.250. The van der Waals surface area contributed by atoms with E-state index in [1.54, 1.807) is 24.5 Å². The highest BCUT2D eigenvalue weighted by Gasteiger charge is 2.14. The molecule has 2 rings (SSSR count). The van der Waals surface area contributed by atoms with Crippen molar-refractivity contribution in [2.45, 2.75) is 6.42 Å². The maximum Gasteiger partial charge on any atom is 0.340 e. The van der Waals surface area contributed by atoms with E-state index in [0.717, 1.165) is 11.3 Å². The van der Waals surface area contributed by atoms with Gasteiger partial charge >= 0.3 is 5.97 Å². The van der Waals surface area contributed by atoms with Gasteiger partial charge in [-0.25, -0.2) is 4.79 Å². The Morgan fingerprint density at radius 1 is 1.24 bits per heavy atom. The molecule has 2 aromatic rings. The quantitative estimate of drug-likeness (QED) is 0.673. The van der Waals surface area contributed by atoms with Crippen molar-refractivity contribution in [1.29, 1.82) is 0 Å². The van der Waals surface area contributed by atoms with Crippen LogP contribution in [0.15, 0.2) is 42.7 Å². The number of carbonyl (C=O) groups excluding carboxylic acids is 1. The molecule has 0 aliphatic heterocycles. The van der Waals surface area contributed by atoms with Crippen LogP contribution in [0.4, 0.5) is 11.4 Å². The van der Waals surface area contributed by atoms with Gasteiger partial charge in [0.1, 0.15) is 0 Å². The summed E-state index contributed by atoms with van der Waals surface area (Å²) < 4.78 is 5.34. The van der Waals surface area contributed by atoms with Crippen LogP contribution in [0.1, 0.15) is 15.9 Å². The Morgan fingerprint density at radius 2 is 1.95 bits per heavy atom. The summed E-state index contributed by atoms with van der Waals surface area (Å²) in [4.78, 5) is 18.0. The molecule has 5 heteroatoms. The van der Waals surface area contributed by atoms with Crippen molar-refractivity contribution in [3.05, 3.63) is 53.9 Å². The Labute approximate surface area is 124 Å². The molecule has 0 aliphatic rings. The molecule has 21 heavy (non-hydrogen) atoms. The van der Waals surface area contributed by atoms with E-state index in [4.69, 9.17) is 10.5 Å². The number of pyridine rings is 1. The molecule has 0 atom stereocenters. The summed E-state index contributed by atoms with van der Waals surface area (Å²) in [6.07, 6.45) is 4.10. The molecule has 0 bridgehead atoms. The Bertz CT molecular complexity index is 612. The molecule has 5 nitrogen and oxygen atoms in total. The van der Waals surface area contributed by atoms with Gasteiger partial charge < -0.3 is 15.4 Å². The lowest BCUT2D eigenvalue weighted by molar-refractivity contribution is 0.0510. The maximum absolute atomic E-state index is 12.2. The standard InChI is InChI=1S/C16H19N3O2/c1-19(2)15-4-3-13(17)11-14(15)16(20)21-10-7-12-5-8-18-9-6-12/h3-6,8-9,11H,7,10,17H2,1-2H3. The fourth-order valence-electron chi connectivity index (χ4n) is 2.00. The average Bonchev–Trinajstić information content (AvgIpc) is 2.47. The number of hydrogen-bond donors (Lipinski definition) is 1. The van der Waals surface area contributed by atoms with Crippen molar-refractivity contribution in [3.63, 3.8) is 0 Å². The van der Waals surface area contributed by atoms with Crippen molar-refractivity contribution >= 4 is 17.3 Å². The summed E-state index contributed by atoms with van der Waals surface area (Å²) in [5.74, 6) is -0.361. The molecule has 1 aromatic heterocycles. The molecule has 2 N–H and O–H groups in total. The summed E-state index contributed by atoms with van der Waals surface area (Å²) in [6, 6.07) is 9.03. The number of nitrogen functional groups attached to an aromatic ring is 1. The van der Waals surface area contributed by atoms with Gasteiger partial charge in [0.15, 0.2) is 0 Å². The summed E-state index contributed by atoms with van der Waals surface area (Å²) in [5.41, 5.74) is 8.65. The minimum absolute atomic E-state index is 0.324. The normalized spacial score (nSPS) is 10.2. The number of aromatic nitrogens is 1. The van der Waals surface area contributed by atoms with Crippen LogP contribution in [0.25, 0.3) is 0 Å². The van der Waals surface area contributed by atoms with E-state index in [1.807, 2.05) is 37.2 Å².